The molecule has 0 spiro atoms. The molecule has 3 rings (SSSR count). The van der Waals surface area contributed by atoms with Crippen LogP contribution in [-0.2, 0) is 8.85 Å². The molecule has 1 aromatic rings. The van der Waals surface area contributed by atoms with Gasteiger partial charge in [-0.15, -0.1) is 0 Å². The number of carbonyl (C=O) groups excluding carboxylic acids is 2. The van der Waals surface area contributed by atoms with Crippen LogP contribution in [0.15, 0.2) is 66.8 Å². The number of ketones is 1. The molecule has 1 heterocycles. The van der Waals surface area contributed by atoms with Gasteiger partial charge in [-0.3, -0.25) is 14.2 Å². The molecule has 5 nitrogen and oxygen atoms in total. The minimum Gasteiger partial charge on any atom is -0.409 e. The lowest BCUT2D eigenvalue weighted by molar-refractivity contribution is 0.0732. The van der Waals surface area contributed by atoms with E-state index in [1.54, 1.807) is 0 Å². The van der Waals surface area contributed by atoms with Crippen LogP contribution in [0.3, 0.4) is 0 Å². The van der Waals surface area contributed by atoms with Crippen molar-refractivity contribution in [1.82, 2.24) is 4.57 Å². The van der Waals surface area contributed by atoms with E-state index in [4.69, 9.17) is 18.4 Å². The normalized spacial score (nSPS) is 33.0. The highest BCUT2D eigenvalue weighted by molar-refractivity contribution is 6.74. The molecule has 0 radical (unpaired) electrons. The fourth-order valence-electron chi connectivity index (χ4n) is 3.17. The summed E-state index contributed by atoms with van der Waals surface area (Å²) >= 11 is 0. The van der Waals surface area contributed by atoms with Crippen molar-refractivity contribution in [2.75, 3.05) is 0 Å². The monoisotopic (exact) mass is 548 g/mol. The highest BCUT2D eigenvalue weighted by Gasteiger charge is 2.43. The van der Waals surface area contributed by atoms with Gasteiger partial charge in [0.15, 0.2) is 22.4 Å². The third kappa shape index (κ3) is 6.33. The van der Waals surface area contributed by atoms with Crippen molar-refractivity contribution in [2.24, 2.45) is 11.8 Å². The summed E-state index contributed by atoms with van der Waals surface area (Å²) in [6.07, 6.45) is -1.08. The van der Waals surface area contributed by atoms with Gasteiger partial charge in [0.2, 0.25) is 5.91 Å². The van der Waals surface area contributed by atoms with Crippen molar-refractivity contribution in [3.63, 3.8) is 0 Å². The molecule has 7 heteroatoms. The standard InChI is InChI=1S/C30H45NO4Si2/c1-29(2,3)36(7,8)34-25-19-13-11-16-22(25)27(32)24-18-15-21-31(24)28(33)23-17-12-14-20-26(23)35-37(9,10)30(4,5)6/h11-23,25-26H,1-10H3/i13D,14D,15D,16D,17D,18D,21D,25D,26D. The van der Waals surface area contributed by atoms with E-state index in [1.165, 1.54) is 0 Å². The van der Waals surface area contributed by atoms with Crippen molar-refractivity contribution in [2.45, 2.75) is 90.0 Å². The molecule has 2 aliphatic carbocycles. The van der Waals surface area contributed by atoms with Gasteiger partial charge in [-0.05, 0) is 48.3 Å². The van der Waals surface area contributed by atoms with Gasteiger partial charge < -0.3 is 8.85 Å². The van der Waals surface area contributed by atoms with Crippen LogP contribution in [0.25, 0.3) is 0 Å². The van der Waals surface area contributed by atoms with Crippen LogP contribution in [0.1, 0.15) is 69.2 Å². The zero-order valence-electron chi connectivity index (χ0n) is 32.5. The first-order valence-corrected chi connectivity index (χ1v) is 18.3. The zero-order chi connectivity index (χ0) is 35.7. The first-order chi connectivity index (χ1) is 20.5. The van der Waals surface area contributed by atoms with E-state index >= 15 is 0 Å². The topological polar surface area (TPSA) is 57.5 Å². The fourth-order valence-corrected chi connectivity index (χ4v) is 5.31. The number of hydrogen-bond acceptors (Lipinski definition) is 4. The molecule has 0 saturated carbocycles. The van der Waals surface area contributed by atoms with Crippen LogP contribution >= 0.6 is 0 Å². The Hall–Kier alpha value is -2.07. The number of rotatable bonds is 7. The molecule has 4 atom stereocenters. The van der Waals surface area contributed by atoms with Crippen LogP contribution < -0.4 is 0 Å². The molecule has 0 aliphatic heterocycles. The van der Waals surface area contributed by atoms with Gasteiger partial charge in [0.1, 0.15) is 0 Å². The molecule has 0 bridgehead atoms. The Kier molecular flexibility index (Phi) is 5.46. The highest BCUT2D eigenvalue weighted by Crippen LogP contribution is 2.40. The van der Waals surface area contributed by atoms with E-state index in [9.17, 15) is 12.3 Å². The van der Waals surface area contributed by atoms with Crippen molar-refractivity contribution in [3.8, 4) is 0 Å². The third-order valence-corrected chi connectivity index (χ3v) is 16.3. The Balaban J connectivity index is 2.26. The second-order valence-electron chi connectivity index (χ2n) is 12.4. The lowest BCUT2D eigenvalue weighted by atomic mass is 9.91. The molecular formula is C30H45NO4Si2. The molecular weight excluding hydrogens is 495 g/mol. The van der Waals surface area contributed by atoms with E-state index in [2.05, 4.69) is 0 Å². The molecule has 37 heavy (non-hydrogen) atoms. The minimum absolute atomic E-state index is 0.228. The van der Waals surface area contributed by atoms with E-state index in [1.807, 2.05) is 67.7 Å². The number of Topliss-reactive ketones (excluding diaryl/α,β-unsaturated/α-hetero) is 1. The summed E-state index contributed by atoms with van der Waals surface area (Å²) in [5.74, 6) is -5.82. The maximum Gasteiger partial charge on any atom is 0.241 e. The van der Waals surface area contributed by atoms with E-state index in [0.717, 1.165) is 24.3 Å². The molecule has 0 amide bonds. The first kappa shape index (κ1) is 19.1. The summed E-state index contributed by atoms with van der Waals surface area (Å²) in [7, 11) is -5.67. The Morgan fingerprint density at radius 1 is 0.865 bits per heavy atom. The van der Waals surface area contributed by atoms with Gasteiger partial charge in [-0.25, -0.2) is 0 Å². The van der Waals surface area contributed by atoms with Crippen molar-refractivity contribution in [3.05, 3.63) is 72.5 Å². The molecule has 202 valence electrons. The van der Waals surface area contributed by atoms with Gasteiger partial charge in [-0.1, -0.05) is 90.1 Å². The number of nitrogens with zero attached hydrogens (tertiary/aromatic N) is 1. The Bertz CT molecular complexity index is 1470. The number of allylic oxidation sites excluding steroid dienone is 4. The summed E-state index contributed by atoms with van der Waals surface area (Å²) in [5.41, 5.74) is -0.761. The largest absolute Gasteiger partial charge is 0.409 e. The van der Waals surface area contributed by atoms with Crippen LogP contribution in [0.2, 0.25) is 36.3 Å². The lowest BCUT2D eigenvalue weighted by Crippen LogP contribution is -2.47. The predicted molar refractivity (Wildman–Crippen MR) is 157 cm³/mol. The predicted octanol–water partition coefficient (Wildman–Crippen LogP) is 7.58. The number of carbonyl (C=O) groups is 2. The second-order valence-corrected chi connectivity index (χ2v) is 21.8. The van der Waals surface area contributed by atoms with Crippen LogP contribution in [0.5, 0.6) is 0 Å². The average molecular weight is 549 g/mol. The minimum atomic E-state index is -2.84. The summed E-state index contributed by atoms with van der Waals surface area (Å²) in [5, 5.41) is -0.868. The van der Waals surface area contributed by atoms with E-state index in [-0.39, 0.29) is 12.1 Å². The van der Waals surface area contributed by atoms with Crippen molar-refractivity contribution < 1.29 is 30.8 Å². The Morgan fingerprint density at radius 3 is 1.81 bits per heavy atom. The molecule has 0 saturated heterocycles. The van der Waals surface area contributed by atoms with Gasteiger partial charge in [0.05, 0.1) is 42.0 Å². The van der Waals surface area contributed by atoms with Gasteiger partial charge in [0.25, 0.3) is 0 Å². The maximum atomic E-state index is 14.4. The number of hydrogen-bond donors (Lipinski definition) is 0. The van der Waals surface area contributed by atoms with Crippen molar-refractivity contribution in [1.29, 1.82) is 0 Å². The zero-order valence-corrected chi connectivity index (χ0v) is 25.5. The quantitative estimate of drug-likeness (QED) is 0.260. The highest BCUT2D eigenvalue weighted by atomic mass is 28.4. The summed E-state index contributed by atoms with van der Waals surface area (Å²) in [4.78, 5) is 28.9. The fraction of sp³-hybridized carbons (Fsp3) is 0.533. The second kappa shape index (κ2) is 10.6. The smallest absolute Gasteiger partial charge is 0.241 e. The molecule has 1 aromatic heterocycles. The molecule has 4 unspecified atom stereocenters. The van der Waals surface area contributed by atoms with E-state index in [0.29, 0.717) is 4.57 Å². The molecule has 0 aromatic carbocycles. The number of aromatic nitrogens is 1. The summed E-state index contributed by atoms with van der Waals surface area (Å²) < 4.78 is 91.2. The molecule has 2 aliphatic rings. The van der Waals surface area contributed by atoms with Crippen LogP contribution in [0, 0.1) is 11.8 Å². The van der Waals surface area contributed by atoms with Crippen LogP contribution in [0.4, 0.5) is 0 Å². The Morgan fingerprint density at radius 2 is 1.32 bits per heavy atom. The molecule has 0 fully saturated rings. The lowest BCUT2D eigenvalue weighted by Gasteiger charge is -2.40. The average Bonchev–Trinajstić information content (AvgIpc) is 3.03. The first-order valence-electron chi connectivity index (χ1n) is 16.9. The van der Waals surface area contributed by atoms with Gasteiger partial charge in [0, 0.05) is 6.17 Å². The summed E-state index contributed by atoms with van der Waals surface area (Å²) in [6.45, 7) is 18.9. The van der Waals surface area contributed by atoms with Crippen LogP contribution in [-0.4, -0.2) is 45.1 Å². The Labute approximate surface area is 238 Å². The summed E-state index contributed by atoms with van der Waals surface area (Å²) in [6, 6.07) is -2.98. The van der Waals surface area contributed by atoms with Gasteiger partial charge in [-0.2, -0.15) is 0 Å². The third-order valence-electron chi connectivity index (χ3n) is 7.58. The van der Waals surface area contributed by atoms with Gasteiger partial charge >= 0.3 is 0 Å². The molecule has 0 N–H and O–H groups in total. The SMILES string of the molecule is [2H]C1=CC([2H])(O[Si](C)(C)C(C)(C)C)C(C(=O)c2c([2H])c([2H])c([2H])n2C(=O)C2C([2H])=CC([2H])=CC2([2H])O[Si](C)(C)C(C)(C)C)C([2H])=C1. The maximum absolute atomic E-state index is 14.4. The van der Waals surface area contributed by atoms with Crippen molar-refractivity contribution >= 4 is 28.3 Å². The van der Waals surface area contributed by atoms with E-state index < -0.39 is 98.5 Å².